The lowest BCUT2D eigenvalue weighted by atomic mass is 9.68. The van der Waals surface area contributed by atoms with Crippen molar-refractivity contribution in [1.82, 2.24) is 4.90 Å². The summed E-state index contributed by atoms with van der Waals surface area (Å²) in [6.07, 6.45) is 6.85. The molecule has 0 aromatic carbocycles. The Morgan fingerprint density at radius 2 is 1.87 bits per heavy atom. The van der Waals surface area contributed by atoms with E-state index in [1.807, 2.05) is 0 Å². The molecule has 2 fully saturated rings. The average Bonchev–Trinajstić information content (AvgIpc) is 2.75. The van der Waals surface area contributed by atoms with Gasteiger partial charge in [-0.05, 0) is 50.6 Å². The van der Waals surface area contributed by atoms with Gasteiger partial charge < -0.3 is 5.73 Å². The minimum absolute atomic E-state index is 0.341. The third-order valence-corrected chi connectivity index (χ3v) is 4.80. The molecule has 2 N–H and O–H groups in total. The lowest BCUT2D eigenvalue weighted by Gasteiger charge is -2.50. The lowest BCUT2D eigenvalue weighted by molar-refractivity contribution is 0.0127. The van der Waals surface area contributed by atoms with Gasteiger partial charge in [0.15, 0.2) is 0 Å². The van der Waals surface area contributed by atoms with Crippen LogP contribution in [-0.4, -0.2) is 30.1 Å². The van der Waals surface area contributed by atoms with Gasteiger partial charge in [0.25, 0.3) is 0 Å². The van der Waals surface area contributed by atoms with E-state index in [2.05, 4.69) is 18.7 Å². The third kappa shape index (κ3) is 1.94. The van der Waals surface area contributed by atoms with Crippen LogP contribution in [0.5, 0.6) is 0 Å². The Hall–Kier alpha value is -0.0800. The van der Waals surface area contributed by atoms with Gasteiger partial charge in [-0.25, -0.2) is 0 Å². The van der Waals surface area contributed by atoms with Crippen molar-refractivity contribution in [3.8, 4) is 0 Å². The number of hydrogen-bond acceptors (Lipinski definition) is 2. The molecule has 3 unspecified atom stereocenters. The highest BCUT2D eigenvalue weighted by atomic mass is 15.2. The third-order valence-electron chi connectivity index (χ3n) is 4.80. The summed E-state index contributed by atoms with van der Waals surface area (Å²) < 4.78 is 0. The Morgan fingerprint density at radius 1 is 1.20 bits per heavy atom. The molecule has 2 nitrogen and oxygen atoms in total. The minimum Gasteiger partial charge on any atom is -0.329 e. The van der Waals surface area contributed by atoms with E-state index in [0.29, 0.717) is 5.54 Å². The van der Waals surface area contributed by atoms with Gasteiger partial charge in [0.2, 0.25) is 0 Å². The van der Waals surface area contributed by atoms with Gasteiger partial charge in [-0.3, -0.25) is 4.90 Å². The number of hydrogen-bond donors (Lipinski definition) is 1. The van der Waals surface area contributed by atoms with Gasteiger partial charge in [0.05, 0.1) is 0 Å². The molecule has 0 amide bonds. The van der Waals surface area contributed by atoms with Gasteiger partial charge in [-0.1, -0.05) is 20.3 Å². The van der Waals surface area contributed by atoms with Gasteiger partial charge in [-0.15, -0.1) is 0 Å². The molecule has 2 rings (SSSR count). The highest BCUT2D eigenvalue weighted by Gasteiger charge is 2.44. The van der Waals surface area contributed by atoms with Gasteiger partial charge >= 0.3 is 0 Å². The van der Waals surface area contributed by atoms with Crippen LogP contribution in [-0.2, 0) is 0 Å². The lowest BCUT2D eigenvalue weighted by Crippen LogP contribution is -2.59. The largest absolute Gasteiger partial charge is 0.329 e. The van der Waals surface area contributed by atoms with Crippen molar-refractivity contribution in [2.45, 2.75) is 51.5 Å². The molecule has 1 heterocycles. The molecule has 0 radical (unpaired) electrons. The predicted molar refractivity (Wildman–Crippen MR) is 64.8 cm³/mol. The zero-order valence-electron chi connectivity index (χ0n) is 10.3. The molecule has 0 aromatic heterocycles. The topological polar surface area (TPSA) is 29.3 Å². The number of nitrogens with zero attached hydrogens (tertiary/aromatic N) is 1. The maximum absolute atomic E-state index is 6.13. The molecule has 2 aliphatic rings. The van der Waals surface area contributed by atoms with Crippen molar-refractivity contribution >= 4 is 0 Å². The van der Waals surface area contributed by atoms with E-state index in [9.17, 15) is 0 Å². The minimum atomic E-state index is 0.341. The predicted octanol–water partition coefficient (Wildman–Crippen LogP) is 2.24. The Balaban J connectivity index is 2.16. The second-order valence-electron chi connectivity index (χ2n) is 5.79. The monoisotopic (exact) mass is 210 g/mol. The fourth-order valence-corrected chi connectivity index (χ4v) is 3.73. The van der Waals surface area contributed by atoms with Crippen molar-refractivity contribution in [1.29, 1.82) is 0 Å². The van der Waals surface area contributed by atoms with Crippen molar-refractivity contribution in [3.63, 3.8) is 0 Å². The van der Waals surface area contributed by atoms with Crippen LogP contribution in [0.15, 0.2) is 0 Å². The van der Waals surface area contributed by atoms with Crippen molar-refractivity contribution < 1.29 is 0 Å². The molecule has 88 valence electrons. The molecule has 15 heavy (non-hydrogen) atoms. The van der Waals surface area contributed by atoms with E-state index >= 15 is 0 Å². The quantitative estimate of drug-likeness (QED) is 0.757. The fraction of sp³-hybridized carbons (Fsp3) is 1.00. The summed E-state index contributed by atoms with van der Waals surface area (Å²) in [5.74, 6) is 1.65. The summed E-state index contributed by atoms with van der Waals surface area (Å²) in [5.41, 5.74) is 6.47. The fourth-order valence-electron chi connectivity index (χ4n) is 3.73. The van der Waals surface area contributed by atoms with Crippen molar-refractivity contribution in [2.24, 2.45) is 17.6 Å². The zero-order chi connectivity index (χ0) is 10.9. The molecule has 1 saturated heterocycles. The summed E-state index contributed by atoms with van der Waals surface area (Å²) in [6.45, 7) is 8.24. The zero-order valence-corrected chi connectivity index (χ0v) is 10.3. The van der Waals surface area contributed by atoms with Crippen LogP contribution in [0.25, 0.3) is 0 Å². The highest BCUT2D eigenvalue weighted by Crippen LogP contribution is 2.41. The van der Waals surface area contributed by atoms with Gasteiger partial charge in [0, 0.05) is 12.1 Å². The molecule has 0 spiro atoms. The summed E-state index contributed by atoms with van der Waals surface area (Å²) in [5, 5.41) is 0. The standard InChI is InChI=1S/C13H26N2/c1-11-5-6-12(2)13(9-11,10-14)15-7-3-4-8-15/h11-12H,3-10,14H2,1-2H3. The first-order chi connectivity index (χ1) is 7.19. The first-order valence-electron chi connectivity index (χ1n) is 6.64. The molecule has 3 atom stereocenters. The van der Waals surface area contributed by atoms with Crippen LogP contribution in [0, 0.1) is 11.8 Å². The average molecular weight is 210 g/mol. The molecule has 0 aromatic rings. The Bertz CT molecular complexity index is 211. The van der Waals surface area contributed by atoms with E-state index < -0.39 is 0 Å². The second kappa shape index (κ2) is 4.42. The Labute approximate surface area is 94.2 Å². The molecule has 2 heteroatoms. The van der Waals surface area contributed by atoms with E-state index in [-0.39, 0.29) is 0 Å². The number of rotatable bonds is 2. The summed E-state index contributed by atoms with van der Waals surface area (Å²) in [7, 11) is 0. The summed E-state index contributed by atoms with van der Waals surface area (Å²) in [6, 6.07) is 0. The van der Waals surface area contributed by atoms with E-state index in [1.54, 1.807) is 0 Å². The van der Waals surface area contributed by atoms with Gasteiger partial charge in [0.1, 0.15) is 0 Å². The van der Waals surface area contributed by atoms with Crippen LogP contribution < -0.4 is 5.73 Å². The van der Waals surface area contributed by atoms with Crippen LogP contribution >= 0.6 is 0 Å². The van der Waals surface area contributed by atoms with Crippen molar-refractivity contribution in [3.05, 3.63) is 0 Å². The number of likely N-dealkylation sites (tertiary alicyclic amines) is 1. The maximum atomic E-state index is 6.13. The van der Waals surface area contributed by atoms with Crippen LogP contribution in [0.2, 0.25) is 0 Å². The van der Waals surface area contributed by atoms with Gasteiger partial charge in [-0.2, -0.15) is 0 Å². The van der Waals surface area contributed by atoms with Crippen LogP contribution in [0.4, 0.5) is 0 Å². The molecule has 1 aliphatic carbocycles. The normalized spacial score (nSPS) is 43.4. The van der Waals surface area contributed by atoms with E-state index in [0.717, 1.165) is 18.4 Å². The van der Waals surface area contributed by atoms with E-state index in [1.165, 1.54) is 45.2 Å². The second-order valence-corrected chi connectivity index (χ2v) is 5.79. The van der Waals surface area contributed by atoms with Crippen molar-refractivity contribution in [2.75, 3.05) is 19.6 Å². The summed E-state index contributed by atoms with van der Waals surface area (Å²) >= 11 is 0. The Morgan fingerprint density at radius 3 is 2.47 bits per heavy atom. The highest BCUT2D eigenvalue weighted by molar-refractivity contribution is 5.01. The van der Waals surface area contributed by atoms with E-state index in [4.69, 9.17) is 5.73 Å². The Kier molecular flexibility index (Phi) is 3.36. The SMILES string of the molecule is CC1CCC(C)C(CN)(N2CCCC2)C1. The molecular formula is C13H26N2. The maximum Gasteiger partial charge on any atom is 0.0359 e. The molecular weight excluding hydrogens is 184 g/mol. The number of nitrogens with two attached hydrogens (primary N) is 1. The first kappa shape index (κ1) is 11.4. The molecule has 1 saturated carbocycles. The first-order valence-corrected chi connectivity index (χ1v) is 6.64. The summed E-state index contributed by atoms with van der Waals surface area (Å²) in [4.78, 5) is 2.70. The smallest absolute Gasteiger partial charge is 0.0359 e. The molecule has 0 bridgehead atoms. The van der Waals surface area contributed by atoms with Crippen LogP contribution in [0.3, 0.4) is 0 Å². The molecule has 1 aliphatic heterocycles. The van der Waals surface area contributed by atoms with Crippen LogP contribution in [0.1, 0.15) is 46.0 Å².